The monoisotopic (exact) mass is 667 g/mol. The van der Waals surface area contributed by atoms with Crippen LogP contribution in [0.25, 0.3) is 10.9 Å². The summed E-state index contributed by atoms with van der Waals surface area (Å²) in [5.41, 5.74) is 8.41. The summed E-state index contributed by atoms with van der Waals surface area (Å²) in [5, 5.41) is 10.2. The highest BCUT2D eigenvalue weighted by Crippen LogP contribution is 2.37. The quantitative estimate of drug-likeness (QED) is 0.219. The van der Waals surface area contributed by atoms with Gasteiger partial charge in [-0.2, -0.15) is 4.98 Å². The lowest BCUT2D eigenvalue weighted by Gasteiger charge is -2.32. The molecule has 0 amide bonds. The molecule has 4 aromatic rings. The second-order valence-electron chi connectivity index (χ2n) is 12.7. The molecule has 1 saturated heterocycles. The van der Waals surface area contributed by atoms with Gasteiger partial charge in [-0.3, -0.25) is 4.72 Å². The SMILES string of the molecule is CN1CCN(CCc2nccc(Oc3cccc4cc(C(=O)O)n(C)c34)n2)CC1.COc1c(N)cc(C(C)(C)C)cc1NS(C)(=O)=O. The number of hydrogen-bond acceptors (Lipinski definition) is 10. The number of carbonyl (C=O) groups is 1. The van der Waals surface area contributed by atoms with Crippen LogP contribution in [0.1, 0.15) is 42.6 Å². The lowest BCUT2D eigenvalue weighted by atomic mass is 9.86. The summed E-state index contributed by atoms with van der Waals surface area (Å²) in [6.45, 7) is 11.3. The summed E-state index contributed by atoms with van der Waals surface area (Å²) in [5.74, 6) is 1.14. The molecule has 0 spiro atoms. The van der Waals surface area contributed by atoms with E-state index in [1.807, 2.05) is 39.0 Å². The second kappa shape index (κ2) is 14.6. The molecule has 2 aromatic carbocycles. The Labute approximate surface area is 276 Å². The average molecular weight is 668 g/mol. The number of nitrogens with one attached hydrogen (secondary N) is 1. The van der Waals surface area contributed by atoms with Gasteiger partial charge in [-0.25, -0.2) is 18.2 Å². The molecule has 4 N–H and O–H groups in total. The van der Waals surface area contributed by atoms with E-state index in [0.29, 0.717) is 28.8 Å². The third kappa shape index (κ3) is 9.33. The van der Waals surface area contributed by atoms with E-state index in [4.69, 9.17) is 15.2 Å². The first-order valence-corrected chi connectivity index (χ1v) is 17.1. The number of benzene rings is 2. The zero-order chi connectivity index (χ0) is 34.5. The molecule has 1 aliphatic rings. The maximum absolute atomic E-state index is 11.4. The van der Waals surface area contributed by atoms with E-state index in [9.17, 15) is 18.3 Å². The Morgan fingerprint density at radius 3 is 2.40 bits per heavy atom. The number of fused-ring (bicyclic) bond motifs is 1. The Morgan fingerprint density at radius 2 is 1.79 bits per heavy atom. The Kier molecular flexibility index (Phi) is 11.0. The van der Waals surface area contributed by atoms with E-state index in [0.717, 1.165) is 67.7 Å². The van der Waals surface area contributed by atoms with Crippen LogP contribution in [-0.2, 0) is 28.9 Å². The van der Waals surface area contributed by atoms with Crippen molar-refractivity contribution >= 4 is 38.3 Å². The number of nitrogens with zero attached hydrogens (tertiary/aromatic N) is 5. The van der Waals surface area contributed by atoms with Crippen molar-refractivity contribution in [2.45, 2.75) is 32.6 Å². The number of carboxylic acids is 1. The summed E-state index contributed by atoms with van der Waals surface area (Å²) in [6, 6.07) is 12.4. The van der Waals surface area contributed by atoms with Gasteiger partial charge in [0.25, 0.3) is 0 Å². The smallest absolute Gasteiger partial charge is 0.352 e. The van der Waals surface area contributed by atoms with Gasteiger partial charge in [0.2, 0.25) is 15.9 Å². The number of nitrogen functional groups attached to an aromatic ring is 1. The highest BCUT2D eigenvalue weighted by Gasteiger charge is 2.20. The lowest BCUT2D eigenvalue weighted by Crippen LogP contribution is -2.45. The fourth-order valence-electron chi connectivity index (χ4n) is 5.25. The summed E-state index contributed by atoms with van der Waals surface area (Å²) in [7, 11) is 1.95. The first-order valence-electron chi connectivity index (χ1n) is 15.2. The number of likely N-dealkylation sites (N-methyl/N-ethyl adjacent to an activating group) is 1. The van der Waals surface area contributed by atoms with Crippen LogP contribution in [0.3, 0.4) is 0 Å². The number of rotatable bonds is 9. The van der Waals surface area contributed by atoms with E-state index < -0.39 is 16.0 Å². The summed E-state index contributed by atoms with van der Waals surface area (Å²) in [4.78, 5) is 25.1. The highest BCUT2D eigenvalue weighted by atomic mass is 32.2. The van der Waals surface area contributed by atoms with Gasteiger partial charge < -0.3 is 34.7 Å². The van der Waals surface area contributed by atoms with Crippen molar-refractivity contribution in [3.63, 3.8) is 0 Å². The van der Waals surface area contributed by atoms with Crippen LogP contribution in [0.5, 0.6) is 17.4 Å². The van der Waals surface area contributed by atoms with Crippen molar-refractivity contribution in [1.29, 1.82) is 0 Å². The number of methoxy groups -OCH3 is 1. The van der Waals surface area contributed by atoms with Gasteiger partial charge in [-0.15, -0.1) is 0 Å². The van der Waals surface area contributed by atoms with Crippen molar-refractivity contribution in [2.24, 2.45) is 7.05 Å². The number of carboxylic acid groups (broad SMARTS) is 1. The topological polar surface area (TPSA) is 165 Å². The normalized spacial score (nSPS) is 14.4. The van der Waals surface area contributed by atoms with Gasteiger partial charge in [0.1, 0.15) is 11.5 Å². The van der Waals surface area contributed by atoms with Gasteiger partial charge in [-0.1, -0.05) is 32.9 Å². The molecular weight excluding hydrogens is 622 g/mol. The van der Waals surface area contributed by atoms with Gasteiger partial charge >= 0.3 is 5.97 Å². The van der Waals surface area contributed by atoms with E-state index >= 15 is 0 Å². The summed E-state index contributed by atoms with van der Waals surface area (Å²) in [6.07, 6.45) is 3.56. The summed E-state index contributed by atoms with van der Waals surface area (Å²) >= 11 is 0. The van der Waals surface area contributed by atoms with Gasteiger partial charge in [0.15, 0.2) is 11.5 Å². The molecule has 14 heteroatoms. The summed E-state index contributed by atoms with van der Waals surface area (Å²) < 4.78 is 37.9. The molecule has 254 valence electrons. The van der Waals surface area contributed by atoms with Crippen LogP contribution in [0.15, 0.2) is 48.7 Å². The third-order valence-electron chi connectivity index (χ3n) is 7.86. The first-order chi connectivity index (χ1) is 22.1. The number of piperazine rings is 1. The number of aryl methyl sites for hydroxylation is 1. The maximum Gasteiger partial charge on any atom is 0.352 e. The molecule has 1 aliphatic heterocycles. The van der Waals surface area contributed by atoms with E-state index in [-0.39, 0.29) is 11.1 Å². The second-order valence-corrected chi connectivity index (χ2v) is 14.4. The minimum absolute atomic E-state index is 0.131. The van der Waals surface area contributed by atoms with Crippen LogP contribution in [-0.4, -0.2) is 97.0 Å². The van der Waals surface area contributed by atoms with Crippen LogP contribution < -0.4 is 19.9 Å². The number of aromatic carboxylic acids is 1. The van der Waals surface area contributed by atoms with Crippen LogP contribution in [0, 0.1) is 0 Å². The number of sulfonamides is 1. The molecule has 47 heavy (non-hydrogen) atoms. The van der Waals surface area contributed by atoms with E-state index in [1.54, 1.807) is 42.1 Å². The van der Waals surface area contributed by atoms with Crippen molar-refractivity contribution < 1.29 is 27.8 Å². The Balaban J connectivity index is 0.000000240. The average Bonchev–Trinajstić information content (AvgIpc) is 3.33. The largest absolute Gasteiger partial charge is 0.492 e. The van der Waals surface area contributed by atoms with Crippen LogP contribution >= 0.6 is 0 Å². The maximum atomic E-state index is 11.4. The molecule has 0 saturated carbocycles. The molecule has 0 aliphatic carbocycles. The molecule has 13 nitrogen and oxygen atoms in total. The molecule has 3 heterocycles. The van der Waals surface area contributed by atoms with Crippen molar-refractivity contribution in [2.75, 3.05) is 63.6 Å². The van der Waals surface area contributed by atoms with Gasteiger partial charge in [0.05, 0.1) is 30.3 Å². The lowest BCUT2D eigenvalue weighted by molar-refractivity contribution is 0.0687. The molecule has 0 bridgehead atoms. The van der Waals surface area contributed by atoms with Gasteiger partial charge in [0, 0.05) is 63.8 Å². The minimum atomic E-state index is -3.37. The van der Waals surface area contributed by atoms with Crippen LogP contribution in [0.4, 0.5) is 11.4 Å². The van der Waals surface area contributed by atoms with Crippen LogP contribution in [0.2, 0.25) is 0 Å². The zero-order valence-electron chi connectivity index (χ0n) is 28.1. The fourth-order valence-corrected chi connectivity index (χ4v) is 5.81. The highest BCUT2D eigenvalue weighted by molar-refractivity contribution is 7.92. The number of nitrogens with two attached hydrogens (primary N) is 1. The van der Waals surface area contributed by atoms with Gasteiger partial charge in [-0.05, 0) is 42.3 Å². The Hall–Kier alpha value is -4.40. The number of para-hydroxylation sites is 1. The predicted octanol–water partition coefficient (Wildman–Crippen LogP) is 4.20. The predicted molar refractivity (Wildman–Crippen MR) is 184 cm³/mol. The molecular formula is C33H45N7O6S. The van der Waals surface area contributed by atoms with Crippen molar-refractivity contribution in [3.8, 4) is 17.4 Å². The Morgan fingerprint density at radius 1 is 1.09 bits per heavy atom. The number of ether oxygens (including phenoxy) is 2. The third-order valence-corrected chi connectivity index (χ3v) is 8.45. The molecule has 0 radical (unpaired) electrons. The van der Waals surface area contributed by atoms with E-state index in [2.05, 4.69) is 31.5 Å². The van der Waals surface area contributed by atoms with E-state index in [1.165, 1.54) is 7.11 Å². The minimum Gasteiger partial charge on any atom is -0.492 e. The number of aromatic nitrogens is 3. The zero-order valence-corrected chi connectivity index (χ0v) is 28.9. The molecule has 0 atom stereocenters. The first kappa shape index (κ1) is 35.5. The Bertz CT molecular complexity index is 1830. The molecule has 2 aromatic heterocycles. The number of hydrogen-bond donors (Lipinski definition) is 3. The molecule has 1 fully saturated rings. The standard InChI is InChI=1S/C21H25N5O3.C12H20N2O3S/c1-24-10-12-26(13-11-24)9-7-18-22-8-6-19(23-18)29-17-5-3-4-15-14-16(21(27)28)25(2)20(15)17;1-12(2,3)8-6-9(13)11(17-4)10(7-8)14-18(5,15)16/h3-6,8,14H,7,9-13H2,1-2H3,(H,27,28);6-7,14H,13H2,1-5H3. The molecule has 0 unspecified atom stereocenters. The van der Waals surface area contributed by atoms with Crippen molar-refractivity contribution in [1.82, 2.24) is 24.3 Å². The van der Waals surface area contributed by atoms with Crippen molar-refractivity contribution in [3.05, 3.63) is 65.7 Å². The fraction of sp³-hybridized carbons (Fsp3) is 0.424. The number of anilines is 2. The molecule has 5 rings (SSSR count).